The molecule has 0 fully saturated rings. The molecule has 0 spiro atoms. The molecule has 0 unspecified atom stereocenters. The zero-order valence-electron chi connectivity index (χ0n) is 14.9. The van der Waals surface area contributed by atoms with E-state index >= 15 is 0 Å². The number of amides is 1. The number of nitro benzene ring substituents is 1. The van der Waals surface area contributed by atoms with E-state index < -0.39 is 10.8 Å². The predicted molar refractivity (Wildman–Crippen MR) is 96.7 cm³/mol. The highest BCUT2D eigenvalue weighted by Crippen LogP contribution is 2.35. The number of aromatic nitrogens is 1. The first-order valence-electron chi connectivity index (χ1n) is 8.33. The van der Waals surface area contributed by atoms with Crippen LogP contribution in [0.15, 0.2) is 47.6 Å². The quantitative estimate of drug-likeness (QED) is 0.602. The number of benzene rings is 1. The monoisotopic (exact) mass is 370 g/mol. The van der Waals surface area contributed by atoms with Crippen molar-refractivity contribution in [2.75, 3.05) is 18.1 Å². The molecule has 2 aromatic rings. The lowest BCUT2D eigenvalue weighted by Crippen LogP contribution is -2.44. The normalized spacial score (nSPS) is 14.1. The first-order valence-corrected chi connectivity index (χ1v) is 8.33. The van der Waals surface area contributed by atoms with Gasteiger partial charge in [0.2, 0.25) is 0 Å². The Kier molecular flexibility index (Phi) is 5.02. The summed E-state index contributed by atoms with van der Waals surface area (Å²) >= 11 is 0. The van der Waals surface area contributed by atoms with Crippen molar-refractivity contribution in [1.82, 2.24) is 4.57 Å². The number of nitrogens with zero attached hydrogens (tertiary/aromatic N) is 4. The fraction of sp³-hybridized carbons (Fsp3) is 0.278. The van der Waals surface area contributed by atoms with Crippen LogP contribution >= 0.6 is 0 Å². The van der Waals surface area contributed by atoms with Crippen molar-refractivity contribution in [3.05, 3.63) is 58.2 Å². The molecule has 27 heavy (non-hydrogen) atoms. The van der Waals surface area contributed by atoms with Crippen LogP contribution in [-0.4, -0.2) is 40.5 Å². The molecule has 3 rings (SSSR count). The summed E-state index contributed by atoms with van der Waals surface area (Å²) in [7, 11) is 0. The predicted octanol–water partition coefficient (Wildman–Crippen LogP) is 1.77. The smallest absolute Gasteiger partial charge is 0.271 e. The summed E-state index contributed by atoms with van der Waals surface area (Å²) in [6.45, 7) is 3.26. The number of pyridine rings is 1. The molecule has 1 aliphatic rings. The number of carbonyl (C=O) groups is 2. The first-order chi connectivity index (χ1) is 12.9. The van der Waals surface area contributed by atoms with Crippen molar-refractivity contribution < 1.29 is 19.2 Å². The van der Waals surface area contributed by atoms with Gasteiger partial charge in [0.15, 0.2) is 6.61 Å². The number of non-ortho nitro benzene ring substituents is 1. The molecule has 0 radical (unpaired) electrons. The number of ether oxygens (including phenoxy) is 1. The topological polar surface area (TPSA) is 107 Å². The van der Waals surface area contributed by atoms with Gasteiger partial charge in [0.1, 0.15) is 17.8 Å². The van der Waals surface area contributed by atoms with Gasteiger partial charge in [0, 0.05) is 24.4 Å². The first kappa shape index (κ1) is 18.3. The number of fused-ring (bicyclic) bond motifs is 1. The average Bonchev–Trinajstić information content (AvgIpc) is 2.63. The molecule has 1 amide bonds. The summed E-state index contributed by atoms with van der Waals surface area (Å²) in [6, 6.07) is 9.10. The number of rotatable bonds is 4. The van der Waals surface area contributed by atoms with Crippen molar-refractivity contribution in [1.29, 1.82) is 0 Å². The molecule has 2 heterocycles. The van der Waals surface area contributed by atoms with Crippen LogP contribution in [-0.2, 0) is 4.79 Å². The van der Waals surface area contributed by atoms with Gasteiger partial charge in [-0.3, -0.25) is 34.2 Å². The Balaban J connectivity index is 1.97. The number of hydrogen-bond donors (Lipinski definition) is 0. The zero-order valence-corrected chi connectivity index (χ0v) is 14.9. The highest BCUT2D eigenvalue weighted by atomic mass is 16.6. The van der Waals surface area contributed by atoms with Gasteiger partial charge in [-0.25, -0.2) is 0 Å². The van der Waals surface area contributed by atoms with Gasteiger partial charge in [-0.15, -0.1) is 0 Å². The van der Waals surface area contributed by atoms with E-state index in [-0.39, 0.29) is 36.5 Å². The van der Waals surface area contributed by atoms with Gasteiger partial charge < -0.3 is 4.74 Å². The summed E-state index contributed by atoms with van der Waals surface area (Å²) in [5.41, 5.74) is 0.484. The molecule has 9 nitrogen and oxygen atoms in total. The van der Waals surface area contributed by atoms with Crippen molar-refractivity contribution in [2.24, 2.45) is 4.99 Å². The van der Waals surface area contributed by atoms with Crippen molar-refractivity contribution in [2.45, 2.75) is 19.9 Å². The van der Waals surface area contributed by atoms with Crippen LogP contribution in [0.5, 0.6) is 5.75 Å². The molecule has 0 saturated heterocycles. The molecule has 140 valence electrons. The van der Waals surface area contributed by atoms with Gasteiger partial charge in [0.25, 0.3) is 17.5 Å². The van der Waals surface area contributed by atoms with Crippen LogP contribution in [0.2, 0.25) is 0 Å². The summed E-state index contributed by atoms with van der Waals surface area (Å²) in [5, 5.41) is 11.0. The molecular formula is C18H18N4O5. The molecule has 1 aromatic carbocycles. The van der Waals surface area contributed by atoms with Crippen LogP contribution < -0.4 is 15.1 Å². The van der Waals surface area contributed by atoms with Gasteiger partial charge >= 0.3 is 0 Å². The minimum absolute atomic E-state index is 0.0140. The molecule has 0 atom stereocenters. The lowest BCUT2D eigenvalue weighted by molar-refractivity contribution is -0.384. The Morgan fingerprint density at radius 2 is 2.11 bits per heavy atom. The highest BCUT2D eigenvalue weighted by molar-refractivity contribution is 6.02. The van der Waals surface area contributed by atoms with Crippen molar-refractivity contribution in [3.8, 4) is 5.75 Å². The third-order valence-corrected chi connectivity index (χ3v) is 3.89. The van der Waals surface area contributed by atoms with Gasteiger partial charge in [0.05, 0.1) is 10.6 Å². The number of nitro groups is 1. The molecule has 1 aliphatic heterocycles. The Hall–Kier alpha value is -3.49. The molecule has 0 saturated carbocycles. The summed E-state index contributed by atoms with van der Waals surface area (Å²) in [6.07, 6.45) is 1.57. The van der Waals surface area contributed by atoms with E-state index in [1.807, 2.05) is 13.8 Å². The second kappa shape index (κ2) is 7.40. The molecule has 1 aromatic heterocycles. The van der Waals surface area contributed by atoms with Crippen LogP contribution in [0.25, 0.3) is 0 Å². The lowest BCUT2D eigenvalue weighted by atomic mass is 10.2. The van der Waals surface area contributed by atoms with Crippen LogP contribution in [0.1, 0.15) is 18.6 Å². The Labute approximate surface area is 154 Å². The zero-order chi connectivity index (χ0) is 19.6. The van der Waals surface area contributed by atoms with E-state index in [2.05, 4.69) is 4.99 Å². The molecule has 0 aliphatic carbocycles. The Morgan fingerprint density at radius 3 is 2.81 bits per heavy atom. The van der Waals surface area contributed by atoms with Gasteiger partial charge in [-0.1, -0.05) is 6.07 Å². The highest BCUT2D eigenvalue weighted by Gasteiger charge is 2.29. The van der Waals surface area contributed by atoms with Crippen LogP contribution in [0.3, 0.4) is 0 Å². The van der Waals surface area contributed by atoms with E-state index in [4.69, 9.17) is 4.74 Å². The summed E-state index contributed by atoms with van der Waals surface area (Å²) in [4.78, 5) is 41.2. The minimum atomic E-state index is -0.565. The fourth-order valence-corrected chi connectivity index (χ4v) is 2.70. The maximum Gasteiger partial charge on any atom is 0.271 e. The standard InChI is InChI=1S/C18H18N4O5/c1-12(2)19-16-5-3-4-8-20(16)17(23)10-21-14-9-13(22(25)26)6-7-15(14)27-11-18(21)24/h3-9,12H,10-11H2,1-2H3. The third kappa shape index (κ3) is 3.86. The van der Waals surface area contributed by atoms with Gasteiger partial charge in [-0.2, -0.15) is 0 Å². The molecular weight excluding hydrogens is 352 g/mol. The SMILES string of the molecule is CC(C)N=c1ccccn1C(=O)CN1C(=O)COc2ccc([N+](=O)[O-])cc21. The van der Waals surface area contributed by atoms with Crippen molar-refractivity contribution in [3.63, 3.8) is 0 Å². The minimum Gasteiger partial charge on any atom is -0.482 e. The second-order valence-corrected chi connectivity index (χ2v) is 6.22. The van der Waals surface area contributed by atoms with E-state index in [1.165, 1.54) is 27.7 Å². The molecule has 0 bridgehead atoms. The van der Waals surface area contributed by atoms with E-state index in [9.17, 15) is 19.7 Å². The van der Waals surface area contributed by atoms with Crippen molar-refractivity contribution >= 4 is 23.2 Å². The van der Waals surface area contributed by atoms with E-state index in [0.29, 0.717) is 11.2 Å². The number of hydrogen-bond acceptors (Lipinski definition) is 6. The van der Waals surface area contributed by atoms with Gasteiger partial charge in [-0.05, 0) is 32.0 Å². The average molecular weight is 370 g/mol. The largest absolute Gasteiger partial charge is 0.482 e. The maximum atomic E-state index is 12.8. The molecule has 0 N–H and O–H groups in total. The molecule has 9 heteroatoms. The fourth-order valence-electron chi connectivity index (χ4n) is 2.70. The Morgan fingerprint density at radius 1 is 1.33 bits per heavy atom. The van der Waals surface area contributed by atoms with Crippen LogP contribution in [0.4, 0.5) is 11.4 Å². The van der Waals surface area contributed by atoms with E-state index in [1.54, 1.807) is 24.4 Å². The summed E-state index contributed by atoms with van der Waals surface area (Å²) < 4.78 is 6.67. The van der Waals surface area contributed by atoms with E-state index in [0.717, 1.165) is 0 Å². The third-order valence-electron chi connectivity index (χ3n) is 3.89. The second-order valence-electron chi connectivity index (χ2n) is 6.22. The number of anilines is 1. The number of carbonyl (C=O) groups excluding carboxylic acids is 2. The van der Waals surface area contributed by atoms with Crippen LogP contribution in [0, 0.1) is 10.1 Å². The Bertz CT molecular complexity index is 980. The summed E-state index contributed by atoms with van der Waals surface area (Å²) in [5.74, 6) is -0.518. The lowest BCUT2D eigenvalue weighted by Gasteiger charge is -2.28. The maximum absolute atomic E-state index is 12.8.